The Hall–Kier alpha value is -4.14. The SMILES string of the molecule is Cc1ccc(Cc2c(Nc3ncc(-c4ccccc4C(F)(F)F)cn3)cccc2C(N)=O)o1. The van der Waals surface area contributed by atoms with Crippen molar-refractivity contribution in [2.45, 2.75) is 19.5 Å². The minimum Gasteiger partial charge on any atom is -0.466 e. The highest BCUT2D eigenvalue weighted by Crippen LogP contribution is 2.36. The quantitative estimate of drug-likeness (QED) is 0.403. The van der Waals surface area contributed by atoms with Crippen LogP contribution in [0, 0.1) is 6.92 Å². The van der Waals surface area contributed by atoms with E-state index in [0.29, 0.717) is 29.0 Å². The van der Waals surface area contributed by atoms with Gasteiger partial charge in [-0.15, -0.1) is 0 Å². The van der Waals surface area contributed by atoms with Crippen LogP contribution in [0.4, 0.5) is 24.8 Å². The van der Waals surface area contributed by atoms with Crippen LogP contribution in [0.25, 0.3) is 11.1 Å². The summed E-state index contributed by atoms with van der Waals surface area (Å²) in [4.78, 5) is 20.3. The number of carbonyl (C=O) groups is 1. The lowest BCUT2D eigenvalue weighted by Gasteiger charge is -2.14. The van der Waals surface area contributed by atoms with Gasteiger partial charge >= 0.3 is 6.18 Å². The largest absolute Gasteiger partial charge is 0.466 e. The predicted octanol–water partition coefficient (Wildman–Crippen LogP) is 5.50. The molecule has 33 heavy (non-hydrogen) atoms. The first-order chi connectivity index (χ1) is 15.7. The summed E-state index contributed by atoms with van der Waals surface area (Å²) in [5.74, 6) is 0.928. The van der Waals surface area contributed by atoms with Crippen molar-refractivity contribution in [2.75, 3.05) is 5.32 Å². The normalized spacial score (nSPS) is 11.4. The molecular formula is C24H19F3N4O2. The third-order valence-electron chi connectivity index (χ3n) is 5.03. The number of aryl methyl sites for hydroxylation is 1. The number of halogens is 3. The Kier molecular flexibility index (Phi) is 5.87. The van der Waals surface area contributed by atoms with Gasteiger partial charge in [-0.05, 0) is 48.4 Å². The molecular weight excluding hydrogens is 433 g/mol. The minimum absolute atomic E-state index is 0.0128. The van der Waals surface area contributed by atoms with Crippen LogP contribution in [0.5, 0.6) is 0 Å². The van der Waals surface area contributed by atoms with Crippen LogP contribution >= 0.6 is 0 Å². The van der Waals surface area contributed by atoms with E-state index in [0.717, 1.165) is 11.8 Å². The molecule has 1 amide bonds. The molecule has 3 N–H and O–H groups in total. The van der Waals surface area contributed by atoms with Gasteiger partial charge in [-0.3, -0.25) is 4.79 Å². The molecule has 6 nitrogen and oxygen atoms in total. The van der Waals surface area contributed by atoms with Crippen LogP contribution in [0.3, 0.4) is 0 Å². The van der Waals surface area contributed by atoms with E-state index < -0.39 is 17.6 Å². The lowest BCUT2D eigenvalue weighted by Crippen LogP contribution is -2.15. The van der Waals surface area contributed by atoms with Crippen LogP contribution in [0.1, 0.15) is 33.0 Å². The van der Waals surface area contributed by atoms with Gasteiger partial charge < -0.3 is 15.5 Å². The lowest BCUT2D eigenvalue weighted by molar-refractivity contribution is -0.137. The number of alkyl halides is 3. The van der Waals surface area contributed by atoms with Gasteiger partial charge in [-0.1, -0.05) is 24.3 Å². The maximum Gasteiger partial charge on any atom is 0.417 e. The Balaban J connectivity index is 1.65. The smallest absolute Gasteiger partial charge is 0.417 e. The molecule has 4 aromatic rings. The monoisotopic (exact) mass is 452 g/mol. The van der Waals surface area contributed by atoms with E-state index in [1.165, 1.54) is 30.6 Å². The van der Waals surface area contributed by atoms with Crippen molar-refractivity contribution in [1.29, 1.82) is 0 Å². The summed E-state index contributed by atoms with van der Waals surface area (Å²) in [6.45, 7) is 1.81. The Morgan fingerprint density at radius 1 is 1.03 bits per heavy atom. The van der Waals surface area contributed by atoms with Crippen molar-refractivity contribution in [2.24, 2.45) is 5.73 Å². The average molecular weight is 452 g/mol. The number of anilines is 2. The fourth-order valence-corrected chi connectivity index (χ4v) is 3.51. The molecule has 0 bridgehead atoms. The van der Waals surface area contributed by atoms with Crippen LogP contribution in [0.15, 0.2) is 71.4 Å². The number of hydrogen-bond acceptors (Lipinski definition) is 5. The van der Waals surface area contributed by atoms with Crippen molar-refractivity contribution < 1.29 is 22.4 Å². The van der Waals surface area contributed by atoms with Crippen molar-refractivity contribution >= 4 is 17.5 Å². The number of nitrogens with one attached hydrogen (secondary N) is 1. The molecule has 0 saturated carbocycles. The highest BCUT2D eigenvalue weighted by molar-refractivity contribution is 5.96. The third-order valence-corrected chi connectivity index (χ3v) is 5.03. The van der Waals surface area contributed by atoms with Crippen molar-refractivity contribution in [3.63, 3.8) is 0 Å². The van der Waals surface area contributed by atoms with E-state index in [2.05, 4.69) is 15.3 Å². The second-order valence-corrected chi connectivity index (χ2v) is 7.35. The fraction of sp³-hybridized carbons (Fsp3) is 0.125. The van der Waals surface area contributed by atoms with Crippen LogP contribution in [-0.2, 0) is 12.6 Å². The van der Waals surface area contributed by atoms with Gasteiger partial charge in [-0.2, -0.15) is 13.2 Å². The molecule has 0 aliphatic carbocycles. The summed E-state index contributed by atoms with van der Waals surface area (Å²) in [7, 11) is 0. The molecule has 2 heterocycles. The highest BCUT2D eigenvalue weighted by atomic mass is 19.4. The van der Waals surface area contributed by atoms with Gasteiger partial charge in [0.2, 0.25) is 11.9 Å². The summed E-state index contributed by atoms with van der Waals surface area (Å²) < 4.78 is 45.6. The van der Waals surface area contributed by atoms with Gasteiger partial charge in [0.25, 0.3) is 0 Å². The maximum atomic E-state index is 13.3. The number of carbonyl (C=O) groups excluding carboxylic acids is 1. The zero-order valence-electron chi connectivity index (χ0n) is 17.5. The Bertz CT molecular complexity index is 1300. The number of furan rings is 1. The summed E-state index contributed by atoms with van der Waals surface area (Å²) in [6.07, 6.45) is -1.57. The standard InChI is InChI=1S/C24H19F3N4O2/c1-14-9-10-16(33-14)11-19-18(22(28)32)6-4-8-21(19)31-23-29-12-15(13-30-23)17-5-2-3-7-20(17)24(25,26)27/h2-10,12-13H,11H2,1H3,(H2,28,32)(H,29,30,31). The lowest BCUT2D eigenvalue weighted by atomic mass is 10.0. The molecule has 0 atom stereocenters. The summed E-state index contributed by atoms with van der Waals surface area (Å²) >= 11 is 0. The first-order valence-electron chi connectivity index (χ1n) is 9.95. The molecule has 0 spiro atoms. The first-order valence-corrected chi connectivity index (χ1v) is 9.95. The number of nitrogens with zero attached hydrogens (tertiary/aromatic N) is 2. The Morgan fingerprint density at radius 3 is 2.39 bits per heavy atom. The van der Waals surface area contributed by atoms with Gasteiger partial charge in [-0.25, -0.2) is 9.97 Å². The van der Waals surface area contributed by atoms with E-state index in [4.69, 9.17) is 10.2 Å². The predicted molar refractivity (Wildman–Crippen MR) is 117 cm³/mol. The van der Waals surface area contributed by atoms with E-state index in [1.807, 2.05) is 13.0 Å². The van der Waals surface area contributed by atoms with Gasteiger partial charge in [0.1, 0.15) is 11.5 Å². The number of benzene rings is 2. The number of amides is 1. The molecule has 2 aromatic carbocycles. The molecule has 4 rings (SSSR count). The molecule has 2 aromatic heterocycles. The van der Waals surface area contributed by atoms with Gasteiger partial charge in [0.05, 0.1) is 5.56 Å². The Morgan fingerprint density at radius 2 is 1.76 bits per heavy atom. The molecule has 168 valence electrons. The number of nitrogens with two attached hydrogens (primary N) is 1. The van der Waals surface area contributed by atoms with Crippen molar-refractivity contribution in [3.05, 3.63) is 95.2 Å². The second kappa shape index (κ2) is 8.78. The van der Waals surface area contributed by atoms with Crippen LogP contribution in [-0.4, -0.2) is 15.9 Å². The molecule has 0 aliphatic rings. The van der Waals surface area contributed by atoms with Crippen LogP contribution < -0.4 is 11.1 Å². The maximum absolute atomic E-state index is 13.3. The second-order valence-electron chi connectivity index (χ2n) is 7.35. The van der Waals surface area contributed by atoms with E-state index in [9.17, 15) is 18.0 Å². The number of aromatic nitrogens is 2. The van der Waals surface area contributed by atoms with E-state index in [1.54, 1.807) is 24.3 Å². The third kappa shape index (κ3) is 4.87. The van der Waals surface area contributed by atoms with Gasteiger partial charge in [0.15, 0.2) is 0 Å². The summed E-state index contributed by atoms with van der Waals surface area (Å²) in [5.41, 5.74) is 6.43. The number of rotatable bonds is 6. The zero-order chi connectivity index (χ0) is 23.6. The molecule has 0 radical (unpaired) electrons. The molecule has 0 saturated heterocycles. The summed E-state index contributed by atoms with van der Waals surface area (Å²) in [5, 5.41) is 3.02. The molecule has 0 unspecified atom stereocenters. The molecule has 0 aliphatic heterocycles. The first kappa shape index (κ1) is 22.1. The van der Waals surface area contributed by atoms with Crippen LogP contribution in [0.2, 0.25) is 0 Å². The van der Waals surface area contributed by atoms with Crippen molar-refractivity contribution in [1.82, 2.24) is 9.97 Å². The fourth-order valence-electron chi connectivity index (χ4n) is 3.51. The van der Waals surface area contributed by atoms with E-state index in [-0.39, 0.29) is 17.1 Å². The number of hydrogen-bond donors (Lipinski definition) is 2. The summed E-state index contributed by atoms with van der Waals surface area (Å²) in [6, 6.07) is 13.9. The van der Waals surface area contributed by atoms with Gasteiger partial charge in [0, 0.05) is 35.6 Å². The number of primary amides is 1. The molecule has 9 heteroatoms. The van der Waals surface area contributed by atoms with Crippen molar-refractivity contribution in [3.8, 4) is 11.1 Å². The minimum atomic E-state index is -4.50. The Labute approximate surface area is 187 Å². The zero-order valence-corrected chi connectivity index (χ0v) is 17.5. The average Bonchev–Trinajstić information content (AvgIpc) is 3.19. The topological polar surface area (TPSA) is 94.0 Å². The highest BCUT2D eigenvalue weighted by Gasteiger charge is 2.33. The van der Waals surface area contributed by atoms with E-state index >= 15 is 0 Å². The molecule has 0 fully saturated rings.